The molecule has 0 heterocycles. The van der Waals surface area contributed by atoms with Crippen LogP contribution in [0.25, 0.3) is 0 Å². The van der Waals surface area contributed by atoms with E-state index in [1.54, 1.807) is 23.1 Å². The molecule has 232 valence electrons. The lowest BCUT2D eigenvalue weighted by molar-refractivity contribution is -0.141. The number of hydrogen-bond acceptors (Lipinski definition) is 4. The highest BCUT2D eigenvalue weighted by atomic mass is 35.5. The molecule has 0 spiro atoms. The van der Waals surface area contributed by atoms with E-state index >= 15 is 0 Å². The van der Waals surface area contributed by atoms with Crippen LogP contribution < -0.4 is 9.62 Å². The van der Waals surface area contributed by atoms with E-state index in [-0.39, 0.29) is 43.7 Å². The van der Waals surface area contributed by atoms with Crippen LogP contribution in [0.2, 0.25) is 10.0 Å². The molecule has 0 radical (unpaired) electrons. The van der Waals surface area contributed by atoms with Gasteiger partial charge in [0.25, 0.3) is 0 Å². The molecular formula is C33H41Cl2N3O4S. The Hall–Kier alpha value is -3.07. The van der Waals surface area contributed by atoms with Gasteiger partial charge in [-0.1, -0.05) is 79.5 Å². The minimum atomic E-state index is -3.60. The molecule has 3 aromatic carbocycles. The van der Waals surface area contributed by atoms with Crippen molar-refractivity contribution in [1.29, 1.82) is 0 Å². The van der Waals surface area contributed by atoms with Crippen molar-refractivity contribution in [2.75, 3.05) is 23.7 Å². The third-order valence-corrected chi connectivity index (χ3v) is 8.74. The van der Waals surface area contributed by atoms with Crippen LogP contribution in [0, 0.1) is 19.8 Å². The fourth-order valence-corrected chi connectivity index (χ4v) is 6.33. The van der Waals surface area contributed by atoms with Gasteiger partial charge in [0, 0.05) is 42.5 Å². The molecule has 0 aliphatic heterocycles. The predicted molar refractivity (Wildman–Crippen MR) is 176 cm³/mol. The van der Waals surface area contributed by atoms with Crippen LogP contribution in [0.1, 0.15) is 48.9 Å². The summed E-state index contributed by atoms with van der Waals surface area (Å²) in [4.78, 5) is 29.2. The Kier molecular flexibility index (Phi) is 12.5. The number of aryl methyl sites for hydroxylation is 2. The van der Waals surface area contributed by atoms with Crippen molar-refractivity contribution < 1.29 is 18.0 Å². The molecule has 0 aliphatic carbocycles. The molecule has 10 heteroatoms. The summed E-state index contributed by atoms with van der Waals surface area (Å²) >= 11 is 12.6. The van der Waals surface area contributed by atoms with E-state index in [1.807, 2.05) is 76.2 Å². The van der Waals surface area contributed by atoms with E-state index in [0.717, 1.165) is 22.9 Å². The average molecular weight is 647 g/mol. The summed E-state index contributed by atoms with van der Waals surface area (Å²) in [5.74, 6) is -0.312. The molecule has 0 unspecified atom stereocenters. The molecule has 0 aromatic heterocycles. The molecule has 3 rings (SSSR count). The molecule has 0 aliphatic rings. The highest BCUT2D eigenvalue weighted by Gasteiger charge is 2.31. The second-order valence-corrected chi connectivity index (χ2v) is 14.1. The maximum absolute atomic E-state index is 14.0. The van der Waals surface area contributed by atoms with Crippen molar-refractivity contribution in [2.24, 2.45) is 5.92 Å². The smallest absolute Gasteiger partial charge is 0.243 e. The fourth-order valence-electron chi connectivity index (χ4n) is 4.91. The zero-order valence-electron chi connectivity index (χ0n) is 25.4. The highest BCUT2D eigenvalue weighted by Crippen LogP contribution is 2.26. The van der Waals surface area contributed by atoms with Crippen LogP contribution in [0.5, 0.6) is 0 Å². The van der Waals surface area contributed by atoms with Crippen LogP contribution in [0.4, 0.5) is 5.69 Å². The molecular weight excluding hydrogens is 605 g/mol. The van der Waals surface area contributed by atoms with E-state index in [2.05, 4.69) is 5.32 Å². The van der Waals surface area contributed by atoms with Gasteiger partial charge in [-0.25, -0.2) is 8.42 Å². The maximum atomic E-state index is 14.0. The van der Waals surface area contributed by atoms with Gasteiger partial charge in [0.2, 0.25) is 21.8 Å². The number of amides is 2. The largest absolute Gasteiger partial charge is 0.354 e. The number of anilines is 1. The van der Waals surface area contributed by atoms with Crippen LogP contribution in [-0.4, -0.2) is 50.5 Å². The van der Waals surface area contributed by atoms with Crippen molar-refractivity contribution in [1.82, 2.24) is 10.2 Å². The standard InChI is InChI=1S/C33H41Cl2N3O4S/c1-23(2)21-36-33(40)31(19-26-10-7-6-8-11-26)37(22-27-13-14-28(34)20-30(27)35)32(39)12-9-15-38(43(5,41)42)29-17-24(3)16-25(4)18-29/h6-8,10-11,13-14,16-18,20,23,31H,9,12,15,19,21-22H2,1-5H3,(H,36,40)/t31-/m1/s1. The van der Waals surface area contributed by atoms with Crippen LogP contribution in [-0.2, 0) is 32.6 Å². The van der Waals surface area contributed by atoms with Crippen LogP contribution in [0.3, 0.4) is 0 Å². The third-order valence-electron chi connectivity index (χ3n) is 6.96. The van der Waals surface area contributed by atoms with Gasteiger partial charge in [-0.2, -0.15) is 0 Å². The SMILES string of the molecule is Cc1cc(C)cc(N(CCCC(=O)N(Cc2ccc(Cl)cc2Cl)[C@H](Cc2ccccc2)C(=O)NCC(C)C)S(C)(=O)=O)c1. The van der Waals surface area contributed by atoms with Crippen LogP contribution in [0.15, 0.2) is 66.7 Å². The molecule has 43 heavy (non-hydrogen) atoms. The van der Waals surface area contributed by atoms with E-state index in [9.17, 15) is 18.0 Å². The second kappa shape index (κ2) is 15.6. The predicted octanol–water partition coefficient (Wildman–Crippen LogP) is 6.57. The van der Waals surface area contributed by atoms with Gasteiger partial charge >= 0.3 is 0 Å². The number of carbonyl (C=O) groups excluding carboxylic acids is 2. The summed E-state index contributed by atoms with van der Waals surface area (Å²) in [5.41, 5.74) is 4.02. The topological polar surface area (TPSA) is 86.8 Å². The minimum Gasteiger partial charge on any atom is -0.354 e. The number of halogens is 2. The minimum absolute atomic E-state index is 0.0325. The van der Waals surface area contributed by atoms with Gasteiger partial charge in [0.15, 0.2) is 0 Å². The fraction of sp³-hybridized carbons (Fsp3) is 0.394. The first-order chi connectivity index (χ1) is 20.2. The molecule has 0 saturated carbocycles. The summed E-state index contributed by atoms with van der Waals surface area (Å²) in [7, 11) is -3.60. The summed E-state index contributed by atoms with van der Waals surface area (Å²) in [5, 5.41) is 3.86. The number of carbonyl (C=O) groups is 2. The maximum Gasteiger partial charge on any atom is 0.243 e. The van der Waals surface area contributed by atoms with Gasteiger partial charge in [-0.05, 0) is 72.7 Å². The quantitative estimate of drug-likeness (QED) is 0.215. The lowest BCUT2D eigenvalue weighted by atomic mass is 10.0. The lowest BCUT2D eigenvalue weighted by Gasteiger charge is -2.32. The van der Waals surface area contributed by atoms with Crippen molar-refractivity contribution in [3.05, 3.63) is 99.0 Å². The molecule has 2 amide bonds. The first-order valence-electron chi connectivity index (χ1n) is 14.4. The number of nitrogens with one attached hydrogen (secondary N) is 1. The van der Waals surface area contributed by atoms with Gasteiger partial charge < -0.3 is 10.2 Å². The molecule has 0 saturated heterocycles. The van der Waals surface area contributed by atoms with E-state index in [4.69, 9.17) is 23.2 Å². The van der Waals surface area contributed by atoms with E-state index in [0.29, 0.717) is 34.3 Å². The Balaban J connectivity index is 1.92. The Labute approximate surface area is 266 Å². The van der Waals surface area contributed by atoms with Crippen molar-refractivity contribution >= 4 is 50.7 Å². The highest BCUT2D eigenvalue weighted by molar-refractivity contribution is 7.92. The molecule has 3 aromatic rings. The third kappa shape index (κ3) is 10.6. The zero-order chi connectivity index (χ0) is 31.7. The summed E-state index contributed by atoms with van der Waals surface area (Å²) in [6.45, 7) is 8.51. The zero-order valence-corrected chi connectivity index (χ0v) is 27.8. The number of hydrogen-bond donors (Lipinski definition) is 1. The van der Waals surface area contributed by atoms with Gasteiger partial charge in [0.1, 0.15) is 6.04 Å². The monoisotopic (exact) mass is 645 g/mol. The summed E-state index contributed by atoms with van der Waals surface area (Å²) < 4.78 is 26.8. The van der Waals surface area contributed by atoms with E-state index < -0.39 is 16.1 Å². The molecule has 1 N–H and O–H groups in total. The Morgan fingerprint density at radius 3 is 2.16 bits per heavy atom. The molecule has 0 bridgehead atoms. The van der Waals surface area contributed by atoms with Crippen LogP contribution >= 0.6 is 23.2 Å². The number of sulfonamides is 1. The molecule has 7 nitrogen and oxygen atoms in total. The number of benzene rings is 3. The van der Waals surface area contributed by atoms with Gasteiger partial charge in [-0.15, -0.1) is 0 Å². The van der Waals surface area contributed by atoms with Crippen molar-refractivity contribution in [3.63, 3.8) is 0 Å². The Morgan fingerprint density at radius 2 is 1.58 bits per heavy atom. The van der Waals surface area contributed by atoms with Crippen molar-refractivity contribution in [2.45, 2.75) is 59.5 Å². The number of nitrogens with zero attached hydrogens (tertiary/aromatic N) is 2. The Morgan fingerprint density at radius 1 is 0.930 bits per heavy atom. The van der Waals surface area contributed by atoms with E-state index in [1.165, 1.54) is 4.31 Å². The number of rotatable bonds is 14. The average Bonchev–Trinajstić information content (AvgIpc) is 2.91. The normalized spacial score (nSPS) is 12.2. The molecule has 1 atom stereocenters. The molecule has 0 fully saturated rings. The second-order valence-electron chi connectivity index (χ2n) is 11.4. The summed E-state index contributed by atoms with van der Waals surface area (Å²) in [6, 6.07) is 19.4. The van der Waals surface area contributed by atoms with Crippen molar-refractivity contribution in [3.8, 4) is 0 Å². The first kappa shape index (κ1) is 34.4. The Bertz CT molecular complexity index is 1490. The summed E-state index contributed by atoms with van der Waals surface area (Å²) in [6.07, 6.45) is 1.76. The van der Waals surface area contributed by atoms with Gasteiger partial charge in [0.05, 0.1) is 11.9 Å². The van der Waals surface area contributed by atoms with Gasteiger partial charge in [-0.3, -0.25) is 13.9 Å². The lowest BCUT2D eigenvalue weighted by Crippen LogP contribution is -2.51. The first-order valence-corrected chi connectivity index (χ1v) is 17.0.